The molecule has 1 fully saturated rings. The van der Waals surface area contributed by atoms with Crippen molar-refractivity contribution in [3.8, 4) is 0 Å². The standard InChI is InChI=1S/C27H39FN4O3S2/c1-32(2)17-14-21(19-36-22-10-8-20(28)9-11-22)29-24-13-12-23(18-25(24)30-34)37-31-26(33)27(35-3)15-6-4-5-7-16-27/h8-13,18,21,29-30,34H,4-7,14-17,19H2,1-3H3,(H,31,33). The van der Waals surface area contributed by atoms with Crippen LogP contribution in [0.25, 0.3) is 0 Å². The van der Waals surface area contributed by atoms with Crippen LogP contribution in [0, 0.1) is 5.82 Å². The molecular weight excluding hydrogens is 511 g/mol. The van der Waals surface area contributed by atoms with Crippen molar-refractivity contribution in [2.75, 3.05) is 44.3 Å². The van der Waals surface area contributed by atoms with Crippen molar-refractivity contribution >= 4 is 41.0 Å². The Morgan fingerprint density at radius 3 is 2.38 bits per heavy atom. The molecule has 2 aromatic carbocycles. The fourth-order valence-electron chi connectivity index (χ4n) is 4.39. The number of hydrogen-bond donors (Lipinski definition) is 4. The number of nitrogens with zero attached hydrogens (tertiary/aromatic N) is 1. The second kappa shape index (κ2) is 14.8. The molecule has 0 spiro atoms. The van der Waals surface area contributed by atoms with E-state index in [0.29, 0.717) is 5.69 Å². The molecule has 1 aliphatic rings. The van der Waals surface area contributed by atoms with Crippen LogP contribution in [0.2, 0.25) is 0 Å². The first-order valence-electron chi connectivity index (χ1n) is 12.7. The third kappa shape index (κ3) is 9.07. The highest BCUT2D eigenvalue weighted by Crippen LogP contribution is 2.33. The zero-order valence-electron chi connectivity index (χ0n) is 21.9. The summed E-state index contributed by atoms with van der Waals surface area (Å²) < 4.78 is 21.9. The molecular formula is C27H39FN4O3S2. The number of hydrogen-bond acceptors (Lipinski definition) is 8. The van der Waals surface area contributed by atoms with E-state index < -0.39 is 5.60 Å². The van der Waals surface area contributed by atoms with Crippen LogP contribution in [-0.2, 0) is 9.53 Å². The first-order valence-corrected chi connectivity index (χ1v) is 14.5. The molecule has 0 radical (unpaired) electrons. The number of halogens is 1. The lowest BCUT2D eigenvalue weighted by molar-refractivity contribution is -0.143. The van der Waals surface area contributed by atoms with Crippen molar-refractivity contribution in [3.63, 3.8) is 0 Å². The van der Waals surface area contributed by atoms with Gasteiger partial charge in [-0.1, -0.05) is 25.7 Å². The number of anilines is 2. The summed E-state index contributed by atoms with van der Waals surface area (Å²) in [6, 6.07) is 12.2. The highest BCUT2D eigenvalue weighted by Gasteiger charge is 2.38. The van der Waals surface area contributed by atoms with Gasteiger partial charge in [0.05, 0.1) is 11.4 Å². The molecule has 1 atom stereocenters. The summed E-state index contributed by atoms with van der Waals surface area (Å²) in [6.45, 7) is 0.894. The number of rotatable bonds is 13. The Kier molecular flexibility index (Phi) is 11.8. The van der Waals surface area contributed by atoms with E-state index >= 15 is 0 Å². The number of benzene rings is 2. The predicted molar refractivity (Wildman–Crippen MR) is 151 cm³/mol. The van der Waals surface area contributed by atoms with E-state index in [1.54, 1.807) is 37.1 Å². The van der Waals surface area contributed by atoms with Crippen molar-refractivity contribution in [1.29, 1.82) is 0 Å². The maximum Gasteiger partial charge on any atom is 0.262 e. The fraction of sp³-hybridized carbons (Fsp3) is 0.519. The van der Waals surface area contributed by atoms with Gasteiger partial charge in [-0.05, 0) is 94.3 Å². The van der Waals surface area contributed by atoms with Crippen molar-refractivity contribution in [1.82, 2.24) is 9.62 Å². The number of nitrogens with one attached hydrogen (secondary N) is 3. The lowest BCUT2D eigenvalue weighted by Gasteiger charge is -2.29. The largest absolute Gasteiger partial charge is 0.380 e. The van der Waals surface area contributed by atoms with Crippen molar-refractivity contribution in [2.45, 2.75) is 66.4 Å². The van der Waals surface area contributed by atoms with Gasteiger partial charge in [0.15, 0.2) is 0 Å². The van der Waals surface area contributed by atoms with E-state index in [1.807, 2.05) is 26.2 Å². The maximum absolute atomic E-state index is 13.3. The molecule has 0 heterocycles. The summed E-state index contributed by atoms with van der Waals surface area (Å²) in [7, 11) is 5.69. The smallest absolute Gasteiger partial charge is 0.262 e. The topological polar surface area (TPSA) is 85.9 Å². The molecule has 1 aliphatic carbocycles. The van der Waals surface area contributed by atoms with E-state index in [1.165, 1.54) is 24.1 Å². The van der Waals surface area contributed by atoms with Crippen molar-refractivity contribution in [3.05, 3.63) is 48.3 Å². The lowest BCUT2D eigenvalue weighted by atomic mass is 9.93. The zero-order chi connectivity index (χ0) is 26.7. The molecule has 1 saturated carbocycles. The van der Waals surface area contributed by atoms with Crippen LogP contribution in [0.15, 0.2) is 52.3 Å². The van der Waals surface area contributed by atoms with E-state index in [0.717, 1.165) is 72.7 Å². The minimum atomic E-state index is -0.773. The highest BCUT2D eigenvalue weighted by atomic mass is 32.2. The molecule has 204 valence electrons. The Balaban J connectivity index is 1.64. The fourth-order valence-corrected chi connectivity index (χ4v) is 6.07. The van der Waals surface area contributed by atoms with Gasteiger partial charge in [-0.3, -0.25) is 20.2 Å². The van der Waals surface area contributed by atoms with Crippen LogP contribution < -0.4 is 15.5 Å². The lowest BCUT2D eigenvalue weighted by Crippen LogP contribution is -2.45. The van der Waals surface area contributed by atoms with E-state index in [-0.39, 0.29) is 17.8 Å². The normalized spacial score (nSPS) is 16.2. The average molecular weight is 551 g/mol. The van der Waals surface area contributed by atoms with Gasteiger partial charge >= 0.3 is 0 Å². The Morgan fingerprint density at radius 2 is 1.76 bits per heavy atom. The number of methoxy groups -OCH3 is 1. The molecule has 3 rings (SSSR count). The summed E-state index contributed by atoms with van der Waals surface area (Å²) >= 11 is 2.88. The molecule has 1 amide bonds. The third-order valence-electron chi connectivity index (χ3n) is 6.64. The van der Waals surface area contributed by atoms with E-state index in [4.69, 9.17) is 4.74 Å². The molecule has 0 bridgehead atoms. The second-order valence-electron chi connectivity index (χ2n) is 9.66. The van der Waals surface area contributed by atoms with Crippen LogP contribution in [0.5, 0.6) is 0 Å². The van der Waals surface area contributed by atoms with Crippen LogP contribution in [-0.4, -0.2) is 61.2 Å². The molecule has 0 aliphatic heterocycles. The van der Waals surface area contributed by atoms with Crippen LogP contribution in [0.1, 0.15) is 44.9 Å². The van der Waals surface area contributed by atoms with Gasteiger partial charge in [-0.2, -0.15) is 0 Å². The summed E-state index contributed by atoms with van der Waals surface area (Å²) in [5.41, 5.74) is 2.81. The monoisotopic (exact) mass is 550 g/mol. The Bertz CT molecular complexity index is 986. The summed E-state index contributed by atoms with van der Waals surface area (Å²) in [4.78, 5) is 16.9. The van der Waals surface area contributed by atoms with Crippen LogP contribution >= 0.6 is 23.7 Å². The molecule has 4 N–H and O–H groups in total. The van der Waals surface area contributed by atoms with E-state index in [2.05, 4.69) is 20.4 Å². The van der Waals surface area contributed by atoms with Gasteiger partial charge in [0.25, 0.3) is 5.91 Å². The molecule has 10 heteroatoms. The number of ether oxygens (including phenoxy) is 1. The Morgan fingerprint density at radius 1 is 1.08 bits per heavy atom. The number of thioether (sulfide) groups is 1. The minimum Gasteiger partial charge on any atom is -0.380 e. The molecule has 0 aromatic heterocycles. The SMILES string of the molecule is COC1(C(=O)NSc2ccc(NC(CCN(C)C)CSc3ccc(F)cc3)c(NO)c2)CCCCCC1. The molecule has 37 heavy (non-hydrogen) atoms. The highest BCUT2D eigenvalue weighted by molar-refractivity contribution is 7.99. The van der Waals surface area contributed by atoms with Gasteiger partial charge in [0, 0.05) is 28.7 Å². The summed E-state index contributed by atoms with van der Waals surface area (Å²) in [5, 5.41) is 13.4. The quantitative estimate of drug-likeness (QED) is 0.104. The van der Waals surface area contributed by atoms with E-state index in [9.17, 15) is 14.4 Å². The molecule has 1 unspecified atom stereocenters. The molecule has 2 aromatic rings. The van der Waals surface area contributed by atoms with Gasteiger partial charge in [-0.25, -0.2) is 4.39 Å². The third-order valence-corrected chi connectivity index (χ3v) is 8.59. The second-order valence-corrected chi connectivity index (χ2v) is 11.6. The van der Waals surface area contributed by atoms with Gasteiger partial charge in [-0.15, -0.1) is 11.8 Å². The van der Waals surface area contributed by atoms with Gasteiger partial charge < -0.3 is 15.0 Å². The van der Waals surface area contributed by atoms with Crippen LogP contribution in [0.4, 0.5) is 15.8 Å². The number of carbonyl (C=O) groups excluding carboxylic acids is 1. The molecule has 0 saturated heterocycles. The predicted octanol–water partition coefficient (Wildman–Crippen LogP) is 6.01. The minimum absolute atomic E-state index is 0.107. The Hall–Kier alpha value is -1.98. The Labute approximate surface area is 228 Å². The zero-order valence-corrected chi connectivity index (χ0v) is 23.5. The molecule has 7 nitrogen and oxygen atoms in total. The summed E-state index contributed by atoms with van der Waals surface area (Å²) in [5.74, 6) is 0.422. The first-order chi connectivity index (χ1) is 17.8. The average Bonchev–Trinajstić information content (AvgIpc) is 3.16. The summed E-state index contributed by atoms with van der Waals surface area (Å²) in [6.07, 6.45) is 6.57. The van der Waals surface area contributed by atoms with Gasteiger partial charge in [0.1, 0.15) is 11.4 Å². The maximum atomic E-state index is 13.3. The first kappa shape index (κ1) is 29.6. The van der Waals surface area contributed by atoms with Crippen molar-refractivity contribution < 1.29 is 19.1 Å². The number of carbonyl (C=O) groups is 1. The van der Waals surface area contributed by atoms with Gasteiger partial charge in [0.2, 0.25) is 0 Å². The van der Waals surface area contributed by atoms with Crippen molar-refractivity contribution in [2.24, 2.45) is 0 Å². The van der Waals surface area contributed by atoms with Crippen LogP contribution in [0.3, 0.4) is 0 Å². The number of amides is 1.